The molecule has 0 bridgehead atoms. The molecule has 1 aromatic heterocycles. The number of hydrogen-bond acceptors (Lipinski definition) is 2. The van der Waals surface area contributed by atoms with Gasteiger partial charge < -0.3 is 4.90 Å². The highest BCUT2D eigenvalue weighted by molar-refractivity contribution is 9.10. The van der Waals surface area contributed by atoms with Crippen LogP contribution in [0.25, 0.3) is 0 Å². The Morgan fingerprint density at radius 2 is 1.89 bits per heavy atom. The first-order valence-corrected chi connectivity index (χ1v) is 6.09. The Hall–Kier alpha value is -1.49. The second-order valence-corrected chi connectivity index (χ2v) is 4.87. The highest BCUT2D eigenvalue weighted by atomic mass is 79.9. The topological polar surface area (TPSA) is 16.1 Å². The van der Waals surface area contributed by atoms with Crippen LogP contribution in [-0.2, 0) is 0 Å². The fourth-order valence-corrected chi connectivity index (χ4v) is 2.15. The van der Waals surface area contributed by atoms with E-state index in [1.54, 1.807) is 18.1 Å². The number of hydrogen-bond donors (Lipinski definition) is 0. The van der Waals surface area contributed by atoms with Crippen molar-refractivity contribution in [2.24, 2.45) is 0 Å². The van der Waals surface area contributed by atoms with Crippen LogP contribution in [-0.4, -0.2) is 12.0 Å². The van der Waals surface area contributed by atoms with Gasteiger partial charge in [0.2, 0.25) is 0 Å². The van der Waals surface area contributed by atoms with E-state index in [1.165, 1.54) is 6.07 Å². The molecule has 0 aliphatic rings. The van der Waals surface area contributed by atoms with E-state index in [9.17, 15) is 8.78 Å². The molecule has 5 heteroatoms. The minimum absolute atomic E-state index is 0.548. The highest BCUT2D eigenvalue weighted by Gasteiger charge is 2.11. The molecule has 0 radical (unpaired) electrons. The Balaban J connectivity index is 2.41. The maximum Gasteiger partial charge on any atom is 0.160 e. The lowest BCUT2D eigenvalue weighted by Gasteiger charge is -2.20. The minimum Gasteiger partial charge on any atom is -0.329 e. The first-order valence-electron chi connectivity index (χ1n) is 5.30. The molecule has 0 amide bonds. The van der Waals surface area contributed by atoms with Crippen molar-refractivity contribution in [2.75, 3.05) is 11.9 Å². The van der Waals surface area contributed by atoms with E-state index in [0.717, 1.165) is 22.2 Å². The smallest absolute Gasteiger partial charge is 0.160 e. The zero-order valence-electron chi connectivity index (χ0n) is 9.92. The van der Waals surface area contributed by atoms with Crippen molar-refractivity contribution in [1.29, 1.82) is 0 Å². The van der Waals surface area contributed by atoms with Gasteiger partial charge in [0.25, 0.3) is 0 Å². The molecule has 0 fully saturated rings. The van der Waals surface area contributed by atoms with Gasteiger partial charge in [0, 0.05) is 29.5 Å². The predicted octanol–water partition coefficient (Wildman–Crippen LogP) is 4.20. The van der Waals surface area contributed by atoms with Crippen LogP contribution in [0.2, 0.25) is 0 Å². The molecular weight excluding hydrogens is 302 g/mol. The Labute approximate surface area is 112 Å². The average Bonchev–Trinajstić information content (AvgIpc) is 2.32. The van der Waals surface area contributed by atoms with Crippen molar-refractivity contribution < 1.29 is 8.78 Å². The van der Waals surface area contributed by atoms with E-state index in [0.29, 0.717) is 11.5 Å². The summed E-state index contributed by atoms with van der Waals surface area (Å²) < 4.78 is 26.9. The molecule has 0 spiro atoms. The van der Waals surface area contributed by atoms with Crippen molar-refractivity contribution >= 4 is 27.4 Å². The number of nitrogens with zero attached hydrogens (tertiary/aromatic N) is 2. The van der Waals surface area contributed by atoms with Crippen LogP contribution < -0.4 is 4.90 Å². The van der Waals surface area contributed by atoms with Gasteiger partial charge in [0.05, 0.1) is 0 Å². The molecule has 2 rings (SSSR count). The Bertz CT molecular complexity index is 587. The predicted molar refractivity (Wildman–Crippen MR) is 71.1 cm³/mol. The summed E-state index contributed by atoms with van der Waals surface area (Å²) in [5, 5.41) is 0. The van der Waals surface area contributed by atoms with Gasteiger partial charge in [-0.3, -0.25) is 0 Å². The van der Waals surface area contributed by atoms with Crippen molar-refractivity contribution in [3.63, 3.8) is 0 Å². The van der Waals surface area contributed by atoms with Crippen LogP contribution in [0.3, 0.4) is 0 Å². The summed E-state index contributed by atoms with van der Waals surface area (Å²) in [4.78, 5) is 5.98. The van der Waals surface area contributed by atoms with E-state index in [1.807, 2.05) is 13.0 Å². The molecule has 1 aromatic carbocycles. The first kappa shape index (κ1) is 13.0. The largest absolute Gasteiger partial charge is 0.329 e. The molecule has 0 N–H and O–H groups in total. The summed E-state index contributed by atoms with van der Waals surface area (Å²) in [6.07, 6.45) is 1.67. The third kappa shape index (κ3) is 2.51. The van der Waals surface area contributed by atoms with Gasteiger partial charge in [-0.05, 0) is 46.6 Å². The zero-order valence-corrected chi connectivity index (χ0v) is 11.5. The van der Waals surface area contributed by atoms with E-state index >= 15 is 0 Å². The van der Waals surface area contributed by atoms with Crippen LogP contribution in [0.1, 0.15) is 5.56 Å². The third-order valence-electron chi connectivity index (χ3n) is 2.63. The molecule has 0 aliphatic heterocycles. The van der Waals surface area contributed by atoms with E-state index in [-0.39, 0.29) is 0 Å². The molecular formula is C13H11BrF2N2. The lowest BCUT2D eigenvalue weighted by molar-refractivity contribution is 0.509. The molecule has 94 valence electrons. The number of aromatic nitrogens is 1. The van der Waals surface area contributed by atoms with Crippen molar-refractivity contribution in [3.8, 4) is 0 Å². The number of aryl methyl sites for hydroxylation is 1. The summed E-state index contributed by atoms with van der Waals surface area (Å²) in [5.74, 6) is -1.02. The number of pyridine rings is 1. The quantitative estimate of drug-likeness (QED) is 0.826. The van der Waals surface area contributed by atoms with Crippen molar-refractivity contribution in [1.82, 2.24) is 4.98 Å². The number of benzene rings is 1. The standard InChI is InChI=1S/C13H11BrF2N2/c1-8-5-9(14)7-17-13(8)18(2)10-3-4-11(15)12(16)6-10/h3-7H,1-2H3. The lowest BCUT2D eigenvalue weighted by atomic mass is 10.2. The fourth-order valence-electron chi connectivity index (χ4n) is 1.70. The van der Waals surface area contributed by atoms with Gasteiger partial charge >= 0.3 is 0 Å². The molecule has 0 atom stereocenters. The minimum atomic E-state index is -0.867. The van der Waals surface area contributed by atoms with Gasteiger partial charge in [0.1, 0.15) is 5.82 Å². The molecule has 0 aliphatic carbocycles. The maximum absolute atomic E-state index is 13.2. The average molecular weight is 313 g/mol. The third-order valence-corrected chi connectivity index (χ3v) is 3.06. The first-order chi connectivity index (χ1) is 8.49. The second-order valence-electron chi connectivity index (χ2n) is 3.95. The van der Waals surface area contributed by atoms with Gasteiger partial charge in [-0.2, -0.15) is 0 Å². The van der Waals surface area contributed by atoms with Crippen LogP contribution in [0.4, 0.5) is 20.3 Å². The van der Waals surface area contributed by atoms with Crippen LogP contribution >= 0.6 is 15.9 Å². The molecule has 1 heterocycles. The van der Waals surface area contributed by atoms with E-state index in [4.69, 9.17) is 0 Å². The summed E-state index contributed by atoms with van der Waals surface area (Å²) in [6.45, 7) is 1.91. The summed E-state index contributed by atoms with van der Waals surface area (Å²) in [6, 6.07) is 5.69. The number of anilines is 2. The Morgan fingerprint density at radius 3 is 2.50 bits per heavy atom. The molecule has 0 saturated heterocycles. The van der Waals surface area contributed by atoms with Gasteiger partial charge in [-0.25, -0.2) is 13.8 Å². The van der Waals surface area contributed by atoms with Crippen LogP contribution in [0.5, 0.6) is 0 Å². The SMILES string of the molecule is Cc1cc(Br)cnc1N(C)c1ccc(F)c(F)c1. The Kier molecular flexibility index (Phi) is 3.61. The van der Waals surface area contributed by atoms with E-state index in [2.05, 4.69) is 20.9 Å². The number of halogens is 3. The van der Waals surface area contributed by atoms with Crippen molar-refractivity contribution in [3.05, 3.63) is 52.1 Å². The normalized spacial score (nSPS) is 10.5. The number of rotatable bonds is 2. The lowest BCUT2D eigenvalue weighted by Crippen LogP contribution is -2.13. The molecule has 2 aromatic rings. The monoisotopic (exact) mass is 312 g/mol. The molecule has 0 saturated carbocycles. The molecule has 2 nitrogen and oxygen atoms in total. The molecule has 0 unspecified atom stereocenters. The maximum atomic E-state index is 13.2. The van der Waals surface area contributed by atoms with Gasteiger partial charge in [-0.1, -0.05) is 0 Å². The summed E-state index contributed by atoms with van der Waals surface area (Å²) in [7, 11) is 1.76. The highest BCUT2D eigenvalue weighted by Crippen LogP contribution is 2.27. The van der Waals surface area contributed by atoms with Crippen LogP contribution in [0, 0.1) is 18.6 Å². The molecule has 18 heavy (non-hydrogen) atoms. The summed E-state index contributed by atoms with van der Waals surface area (Å²) >= 11 is 3.33. The summed E-state index contributed by atoms with van der Waals surface area (Å²) in [5.41, 5.74) is 1.49. The zero-order chi connectivity index (χ0) is 13.3. The van der Waals surface area contributed by atoms with E-state index < -0.39 is 11.6 Å². The second kappa shape index (κ2) is 5.02. The Morgan fingerprint density at radius 1 is 1.17 bits per heavy atom. The van der Waals surface area contributed by atoms with Gasteiger partial charge in [0.15, 0.2) is 11.6 Å². The van der Waals surface area contributed by atoms with Gasteiger partial charge in [-0.15, -0.1) is 0 Å². The van der Waals surface area contributed by atoms with Crippen LogP contribution in [0.15, 0.2) is 34.9 Å². The fraction of sp³-hybridized carbons (Fsp3) is 0.154. The van der Waals surface area contributed by atoms with Crippen molar-refractivity contribution in [2.45, 2.75) is 6.92 Å².